The summed E-state index contributed by atoms with van der Waals surface area (Å²) in [7, 11) is 4.26. The first-order valence-electron chi connectivity index (χ1n) is 11.9. The number of carbonyl (C=O) groups is 2. The Morgan fingerprint density at radius 3 is 2.39 bits per heavy atom. The maximum absolute atomic E-state index is 12.5. The molecule has 0 aliphatic carbocycles. The normalized spacial score (nSPS) is 17.5. The standard InChI is InChI=1S/C26H35N5O2/c1-29-14-16-31(17-15-29)24(21-8-9-23-22(18-21)11-13-30(23)2)19-28-26(33)25(32)27-12-10-20-6-4-3-5-7-20/h3-9,18,24H,10-17,19H2,1-2H3,(H,27,32)(H,28,33)/t24-/m0/s1. The molecule has 2 aliphatic heterocycles. The van der Waals surface area contributed by atoms with Crippen molar-refractivity contribution in [1.82, 2.24) is 20.4 Å². The zero-order valence-electron chi connectivity index (χ0n) is 19.7. The molecule has 0 spiro atoms. The molecule has 7 heteroatoms. The quantitative estimate of drug-likeness (QED) is 0.627. The molecule has 2 aromatic rings. The summed E-state index contributed by atoms with van der Waals surface area (Å²) in [5.74, 6) is -1.14. The van der Waals surface area contributed by atoms with Gasteiger partial charge in [0.25, 0.3) is 0 Å². The van der Waals surface area contributed by atoms with Crippen LogP contribution in [0, 0.1) is 0 Å². The van der Waals surface area contributed by atoms with Gasteiger partial charge in [0.15, 0.2) is 0 Å². The van der Waals surface area contributed by atoms with E-state index < -0.39 is 11.8 Å². The summed E-state index contributed by atoms with van der Waals surface area (Å²) in [5.41, 5.74) is 4.99. The van der Waals surface area contributed by atoms with Gasteiger partial charge in [0.2, 0.25) is 0 Å². The predicted molar refractivity (Wildman–Crippen MR) is 131 cm³/mol. The van der Waals surface area contributed by atoms with Crippen molar-refractivity contribution in [2.24, 2.45) is 0 Å². The number of likely N-dealkylation sites (N-methyl/N-ethyl adjacent to an activating group) is 2. The molecule has 7 nitrogen and oxygen atoms in total. The molecular weight excluding hydrogens is 414 g/mol. The zero-order chi connectivity index (χ0) is 23.2. The van der Waals surface area contributed by atoms with E-state index in [4.69, 9.17) is 0 Å². The molecule has 2 heterocycles. The molecule has 33 heavy (non-hydrogen) atoms. The van der Waals surface area contributed by atoms with E-state index in [-0.39, 0.29) is 6.04 Å². The highest BCUT2D eigenvalue weighted by Crippen LogP contribution is 2.31. The molecule has 176 valence electrons. The van der Waals surface area contributed by atoms with Crippen molar-refractivity contribution in [3.8, 4) is 0 Å². The van der Waals surface area contributed by atoms with Crippen LogP contribution in [0.5, 0.6) is 0 Å². The molecule has 2 amide bonds. The van der Waals surface area contributed by atoms with Crippen LogP contribution in [0.1, 0.15) is 22.7 Å². The van der Waals surface area contributed by atoms with Crippen LogP contribution in [-0.4, -0.2) is 81.5 Å². The van der Waals surface area contributed by atoms with Gasteiger partial charge in [-0.1, -0.05) is 42.5 Å². The van der Waals surface area contributed by atoms with E-state index in [0.29, 0.717) is 19.5 Å². The molecule has 0 saturated carbocycles. The van der Waals surface area contributed by atoms with Crippen LogP contribution in [0.3, 0.4) is 0 Å². The largest absolute Gasteiger partial charge is 0.374 e. The number of amides is 2. The van der Waals surface area contributed by atoms with E-state index >= 15 is 0 Å². The molecule has 0 bridgehead atoms. The van der Waals surface area contributed by atoms with Gasteiger partial charge in [0, 0.05) is 58.5 Å². The van der Waals surface area contributed by atoms with Gasteiger partial charge in [-0.3, -0.25) is 14.5 Å². The molecule has 2 aromatic carbocycles. The maximum atomic E-state index is 12.5. The number of anilines is 1. The molecular formula is C26H35N5O2. The van der Waals surface area contributed by atoms with Crippen molar-refractivity contribution < 1.29 is 9.59 Å². The number of nitrogens with zero attached hydrogens (tertiary/aromatic N) is 3. The molecule has 1 atom stereocenters. The van der Waals surface area contributed by atoms with Crippen LogP contribution in [-0.2, 0) is 22.4 Å². The Morgan fingerprint density at radius 1 is 0.909 bits per heavy atom. The Bertz CT molecular complexity index is 956. The summed E-state index contributed by atoms with van der Waals surface area (Å²) in [4.78, 5) is 31.9. The van der Waals surface area contributed by atoms with Crippen LogP contribution in [0.25, 0.3) is 0 Å². The van der Waals surface area contributed by atoms with E-state index in [1.165, 1.54) is 16.8 Å². The van der Waals surface area contributed by atoms with Crippen LogP contribution >= 0.6 is 0 Å². The maximum Gasteiger partial charge on any atom is 0.309 e. The first kappa shape index (κ1) is 23.3. The highest BCUT2D eigenvalue weighted by molar-refractivity contribution is 6.35. The molecule has 0 unspecified atom stereocenters. The van der Waals surface area contributed by atoms with Gasteiger partial charge in [-0.25, -0.2) is 0 Å². The number of carbonyl (C=O) groups excluding carboxylic acids is 2. The molecule has 2 aliphatic rings. The summed E-state index contributed by atoms with van der Waals surface area (Å²) in [6, 6.07) is 16.6. The minimum atomic E-state index is -0.571. The number of piperazine rings is 1. The Kier molecular flexibility index (Phi) is 7.62. The van der Waals surface area contributed by atoms with Crippen molar-refractivity contribution >= 4 is 17.5 Å². The molecule has 0 radical (unpaired) electrons. The van der Waals surface area contributed by atoms with Crippen molar-refractivity contribution in [2.45, 2.75) is 18.9 Å². The second-order valence-electron chi connectivity index (χ2n) is 9.12. The number of rotatable bonds is 7. The molecule has 1 fully saturated rings. The van der Waals surface area contributed by atoms with Gasteiger partial charge in [-0.15, -0.1) is 0 Å². The van der Waals surface area contributed by atoms with Crippen LogP contribution in [0.2, 0.25) is 0 Å². The van der Waals surface area contributed by atoms with E-state index in [9.17, 15) is 9.59 Å². The van der Waals surface area contributed by atoms with Crippen molar-refractivity contribution in [2.75, 3.05) is 64.8 Å². The van der Waals surface area contributed by atoms with E-state index in [2.05, 4.69) is 57.6 Å². The first-order valence-corrected chi connectivity index (χ1v) is 11.9. The zero-order valence-corrected chi connectivity index (χ0v) is 19.7. The third kappa shape index (κ3) is 5.92. The summed E-state index contributed by atoms with van der Waals surface area (Å²) in [6.45, 7) is 5.78. The lowest BCUT2D eigenvalue weighted by atomic mass is 10.00. The lowest BCUT2D eigenvalue weighted by Gasteiger charge is -2.38. The fourth-order valence-electron chi connectivity index (χ4n) is 4.70. The third-order valence-corrected chi connectivity index (χ3v) is 6.80. The summed E-state index contributed by atoms with van der Waals surface area (Å²) >= 11 is 0. The topological polar surface area (TPSA) is 67.9 Å². The summed E-state index contributed by atoms with van der Waals surface area (Å²) in [6.07, 6.45) is 1.75. The highest BCUT2D eigenvalue weighted by atomic mass is 16.2. The van der Waals surface area contributed by atoms with Crippen molar-refractivity contribution in [3.05, 3.63) is 65.2 Å². The number of fused-ring (bicyclic) bond motifs is 1. The smallest absolute Gasteiger partial charge is 0.309 e. The second kappa shape index (κ2) is 10.8. The van der Waals surface area contributed by atoms with Gasteiger partial charge in [-0.05, 0) is 42.6 Å². The summed E-state index contributed by atoms with van der Waals surface area (Å²) in [5, 5.41) is 5.64. The van der Waals surface area contributed by atoms with Gasteiger partial charge >= 0.3 is 11.8 Å². The fourth-order valence-corrected chi connectivity index (χ4v) is 4.70. The minimum absolute atomic E-state index is 0.0518. The van der Waals surface area contributed by atoms with E-state index in [1.807, 2.05) is 30.3 Å². The monoisotopic (exact) mass is 449 g/mol. The SMILES string of the molecule is CN1CCN([C@@H](CNC(=O)C(=O)NCCc2ccccc2)c2ccc3c(c2)CCN3C)CC1. The predicted octanol–water partition coefficient (Wildman–Crippen LogP) is 1.44. The van der Waals surface area contributed by atoms with Crippen molar-refractivity contribution in [3.63, 3.8) is 0 Å². The third-order valence-electron chi connectivity index (χ3n) is 6.80. The minimum Gasteiger partial charge on any atom is -0.374 e. The molecule has 1 saturated heterocycles. The summed E-state index contributed by atoms with van der Waals surface area (Å²) < 4.78 is 0. The van der Waals surface area contributed by atoms with Crippen LogP contribution in [0.4, 0.5) is 5.69 Å². The number of nitrogens with one attached hydrogen (secondary N) is 2. The lowest BCUT2D eigenvalue weighted by Crippen LogP contribution is -2.49. The Labute approximate surface area is 196 Å². The van der Waals surface area contributed by atoms with E-state index in [0.717, 1.165) is 44.7 Å². The fraction of sp³-hybridized carbons (Fsp3) is 0.462. The number of benzene rings is 2. The second-order valence-corrected chi connectivity index (χ2v) is 9.12. The van der Waals surface area contributed by atoms with Crippen LogP contribution < -0.4 is 15.5 Å². The Balaban J connectivity index is 1.37. The molecule has 4 rings (SSSR count). The van der Waals surface area contributed by atoms with Gasteiger partial charge in [0.1, 0.15) is 0 Å². The highest BCUT2D eigenvalue weighted by Gasteiger charge is 2.27. The van der Waals surface area contributed by atoms with E-state index in [1.54, 1.807) is 0 Å². The average Bonchev–Trinajstić information content (AvgIpc) is 3.21. The molecule has 2 N–H and O–H groups in total. The van der Waals surface area contributed by atoms with Gasteiger partial charge in [-0.2, -0.15) is 0 Å². The van der Waals surface area contributed by atoms with Crippen molar-refractivity contribution in [1.29, 1.82) is 0 Å². The number of hydrogen-bond donors (Lipinski definition) is 2. The average molecular weight is 450 g/mol. The Morgan fingerprint density at radius 2 is 1.64 bits per heavy atom. The first-order chi connectivity index (χ1) is 16.0. The Hall–Kier alpha value is -2.90. The molecule has 0 aromatic heterocycles. The van der Waals surface area contributed by atoms with Gasteiger partial charge < -0.3 is 20.4 Å². The number of hydrogen-bond acceptors (Lipinski definition) is 5. The van der Waals surface area contributed by atoms with Gasteiger partial charge in [0.05, 0.1) is 6.04 Å². The van der Waals surface area contributed by atoms with Crippen LogP contribution in [0.15, 0.2) is 48.5 Å². The lowest BCUT2D eigenvalue weighted by molar-refractivity contribution is -0.139.